The highest BCUT2D eigenvalue weighted by atomic mass is 35.5. The second-order valence-electron chi connectivity index (χ2n) is 6.83. The van der Waals surface area contributed by atoms with Gasteiger partial charge in [0.2, 0.25) is 10.0 Å². The first-order valence-corrected chi connectivity index (χ1v) is 10.2. The van der Waals surface area contributed by atoms with E-state index in [1.807, 2.05) is 6.92 Å². The molecule has 134 valence electrons. The van der Waals surface area contributed by atoms with E-state index in [-0.39, 0.29) is 16.7 Å². The Balaban J connectivity index is 1.94. The lowest BCUT2D eigenvalue weighted by molar-refractivity contribution is -0.0605. The number of aliphatic hydroxyl groups is 1. The van der Waals surface area contributed by atoms with Gasteiger partial charge in [0.1, 0.15) is 10.6 Å². The highest BCUT2D eigenvalue weighted by Gasteiger charge is 2.50. The molecule has 1 heterocycles. The number of hydrogen-bond acceptors (Lipinski definition) is 4. The molecule has 1 aromatic rings. The zero-order chi connectivity index (χ0) is 17.5. The van der Waals surface area contributed by atoms with Crippen LogP contribution in [0.25, 0.3) is 0 Å². The molecule has 0 spiro atoms. The summed E-state index contributed by atoms with van der Waals surface area (Å²) in [6, 6.07) is 4.61. The largest absolute Gasteiger partial charge is 0.495 e. The van der Waals surface area contributed by atoms with Crippen molar-refractivity contribution in [2.24, 2.45) is 11.8 Å². The van der Waals surface area contributed by atoms with Crippen LogP contribution in [-0.2, 0) is 10.0 Å². The molecule has 0 radical (unpaired) electrons. The summed E-state index contributed by atoms with van der Waals surface area (Å²) in [5, 5.41) is 11.2. The summed E-state index contributed by atoms with van der Waals surface area (Å²) < 4.78 is 32.9. The van der Waals surface area contributed by atoms with Crippen LogP contribution < -0.4 is 4.74 Å². The number of nitrogens with zero attached hydrogens (tertiary/aromatic N) is 1. The molecular weight excluding hydrogens is 350 g/mol. The highest BCUT2D eigenvalue weighted by Crippen LogP contribution is 2.46. The Morgan fingerprint density at radius 1 is 1.42 bits per heavy atom. The van der Waals surface area contributed by atoms with Gasteiger partial charge in [-0.25, -0.2) is 8.42 Å². The predicted octanol–water partition coefficient (Wildman–Crippen LogP) is 2.91. The molecule has 0 bridgehead atoms. The van der Waals surface area contributed by atoms with Crippen LogP contribution >= 0.6 is 11.6 Å². The normalized spacial score (nSPS) is 31.0. The minimum atomic E-state index is -3.71. The minimum absolute atomic E-state index is 0.00351. The number of halogens is 1. The third kappa shape index (κ3) is 2.94. The van der Waals surface area contributed by atoms with E-state index in [0.717, 1.165) is 19.3 Å². The van der Waals surface area contributed by atoms with Gasteiger partial charge in [0.25, 0.3) is 0 Å². The van der Waals surface area contributed by atoms with E-state index in [1.165, 1.54) is 17.5 Å². The van der Waals surface area contributed by atoms with E-state index < -0.39 is 15.6 Å². The molecule has 2 fully saturated rings. The maximum atomic E-state index is 13.1. The molecule has 1 saturated carbocycles. The van der Waals surface area contributed by atoms with Crippen molar-refractivity contribution in [3.05, 3.63) is 23.2 Å². The SMILES string of the molecule is CC[C@@]1(O)CCC[C@@H]2CN(S(=O)(=O)c3cc(Cl)ccc3OC)C[C@@H]21. The monoisotopic (exact) mass is 373 g/mol. The number of benzene rings is 1. The van der Waals surface area contributed by atoms with Crippen molar-refractivity contribution in [2.45, 2.75) is 43.1 Å². The van der Waals surface area contributed by atoms with Crippen molar-refractivity contribution in [1.29, 1.82) is 0 Å². The first kappa shape index (κ1) is 18.0. The van der Waals surface area contributed by atoms with Crippen molar-refractivity contribution in [3.8, 4) is 5.75 Å². The van der Waals surface area contributed by atoms with Gasteiger partial charge in [-0.05, 0) is 43.4 Å². The molecule has 2 aliphatic rings. The third-order valence-corrected chi connectivity index (χ3v) is 7.73. The molecule has 1 saturated heterocycles. The van der Waals surface area contributed by atoms with E-state index in [4.69, 9.17) is 16.3 Å². The predicted molar refractivity (Wildman–Crippen MR) is 92.8 cm³/mol. The summed E-state index contributed by atoms with van der Waals surface area (Å²) in [5.74, 6) is 0.500. The second-order valence-corrected chi connectivity index (χ2v) is 9.18. The fourth-order valence-corrected chi connectivity index (χ4v) is 6.16. The van der Waals surface area contributed by atoms with Crippen molar-refractivity contribution >= 4 is 21.6 Å². The van der Waals surface area contributed by atoms with Crippen LogP contribution in [-0.4, -0.2) is 43.6 Å². The smallest absolute Gasteiger partial charge is 0.246 e. The van der Waals surface area contributed by atoms with Crippen molar-refractivity contribution < 1.29 is 18.3 Å². The average molecular weight is 374 g/mol. The summed E-state index contributed by atoms with van der Waals surface area (Å²) in [7, 11) is -2.26. The van der Waals surface area contributed by atoms with Gasteiger partial charge in [-0.3, -0.25) is 0 Å². The van der Waals surface area contributed by atoms with Gasteiger partial charge in [-0.2, -0.15) is 4.31 Å². The standard InChI is InChI=1S/C17H24ClNO4S/c1-3-17(20)8-4-5-12-10-19(11-14(12)17)24(21,22)16-9-13(18)6-7-15(16)23-2/h6-7,9,12,14,20H,3-5,8,10-11H2,1-2H3/t12-,14+,17-/m1/s1. The van der Waals surface area contributed by atoms with Crippen LogP contribution in [0, 0.1) is 11.8 Å². The summed E-state index contributed by atoms with van der Waals surface area (Å²) >= 11 is 6.00. The maximum absolute atomic E-state index is 13.1. The quantitative estimate of drug-likeness (QED) is 0.881. The number of fused-ring (bicyclic) bond motifs is 1. The number of rotatable bonds is 4. The highest BCUT2D eigenvalue weighted by molar-refractivity contribution is 7.89. The molecule has 1 aromatic carbocycles. The summed E-state index contributed by atoms with van der Waals surface area (Å²) in [6.07, 6.45) is 3.31. The summed E-state index contributed by atoms with van der Waals surface area (Å²) in [5.41, 5.74) is -0.758. The third-order valence-electron chi connectivity index (χ3n) is 5.64. The van der Waals surface area contributed by atoms with E-state index in [2.05, 4.69) is 0 Å². The van der Waals surface area contributed by atoms with Crippen LogP contribution in [0.4, 0.5) is 0 Å². The Labute approximate surface area is 148 Å². The Hall–Kier alpha value is -0.820. The van der Waals surface area contributed by atoms with Gasteiger partial charge >= 0.3 is 0 Å². The fraction of sp³-hybridized carbons (Fsp3) is 0.647. The van der Waals surface area contributed by atoms with E-state index in [0.29, 0.717) is 30.3 Å². The molecule has 24 heavy (non-hydrogen) atoms. The lowest BCUT2D eigenvalue weighted by Gasteiger charge is -2.40. The number of sulfonamides is 1. The van der Waals surface area contributed by atoms with Crippen molar-refractivity contribution in [1.82, 2.24) is 4.31 Å². The Bertz CT molecular complexity index is 723. The van der Waals surface area contributed by atoms with Gasteiger partial charge < -0.3 is 9.84 Å². The zero-order valence-electron chi connectivity index (χ0n) is 14.0. The van der Waals surface area contributed by atoms with Gasteiger partial charge in [0, 0.05) is 24.0 Å². The number of methoxy groups -OCH3 is 1. The molecule has 7 heteroatoms. The lowest BCUT2D eigenvalue weighted by atomic mass is 9.69. The van der Waals surface area contributed by atoms with E-state index in [9.17, 15) is 13.5 Å². The van der Waals surface area contributed by atoms with Gasteiger partial charge in [-0.1, -0.05) is 24.9 Å². The van der Waals surface area contributed by atoms with Crippen LogP contribution in [0.2, 0.25) is 5.02 Å². The van der Waals surface area contributed by atoms with Gasteiger partial charge in [0.15, 0.2) is 0 Å². The molecule has 1 N–H and O–H groups in total. The van der Waals surface area contributed by atoms with Crippen LogP contribution in [0.15, 0.2) is 23.1 Å². The second kappa shape index (κ2) is 6.48. The molecule has 5 nitrogen and oxygen atoms in total. The number of hydrogen-bond donors (Lipinski definition) is 1. The fourth-order valence-electron chi connectivity index (χ4n) is 4.22. The molecule has 3 atom stereocenters. The Kier molecular flexibility index (Phi) is 4.86. The van der Waals surface area contributed by atoms with Crippen LogP contribution in [0.5, 0.6) is 5.75 Å². The van der Waals surface area contributed by atoms with Crippen LogP contribution in [0.3, 0.4) is 0 Å². The molecule has 1 aliphatic heterocycles. The first-order valence-electron chi connectivity index (χ1n) is 8.38. The minimum Gasteiger partial charge on any atom is -0.495 e. The summed E-state index contributed by atoms with van der Waals surface area (Å²) in [4.78, 5) is 0.0937. The van der Waals surface area contributed by atoms with Gasteiger partial charge in [-0.15, -0.1) is 0 Å². The van der Waals surface area contributed by atoms with Gasteiger partial charge in [0.05, 0.1) is 12.7 Å². The molecule has 0 unspecified atom stereocenters. The Morgan fingerprint density at radius 2 is 2.17 bits per heavy atom. The Morgan fingerprint density at radius 3 is 2.83 bits per heavy atom. The molecular formula is C17H24ClNO4S. The zero-order valence-corrected chi connectivity index (χ0v) is 15.6. The summed E-state index contributed by atoms with van der Waals surface area (Å²) in [6.45, 7) is 2.78. The van der Waals surface area contributed by atoms with E-state index in [1.54, 1.807) is 12.1 Å². The topological polar surface area (TPSA) is 66.8 Å². The number of ether oxygens (including phenoxy) is 1. The molecule has 1 aliphatic carbocycles. The first-order chi connectivity index (χ1) is 11.3. The molecule has 0 amide bonds. The maximum Gasteiger partial charge on any atom is 0.246 e. The average Bonchev–Trinajstić information content (AvgIpc) is 3.01. The molecule has 0 aromatic heterocycles. The molecule has 3 rings (SSSR count). The van der Waals surface area contributed by atoms with Crippen molar-refractivity contribution in [3.63, 3.8) is 0 Å². The van der Waals surface area contributed by atoms with E-state index >= 15 is 0 Å². The lowest BCUT2D eigenvalue weighted by Crippen LogP contribution is -2.44. The van der Waals surface area contributed by atoms with Crippen molar-refractivity contribution in [2.75, 3.05) is 20.2 Å². The van der Waals surface area contributed by atoms with Crippen LogP contribution in [0.1, 0.15) is 32.6 Å².